The summed E-state index contributed by atoms with van der Waals surface area (Å²) in [4.78, 5) is 34.5. The predicted molar refractivity (Wildman–Crippen MR) is 96.1 cm³/mol. The van der Waals surface area contributed by atoms with Gasteiger partial charge >= 0.3 is 5.97 Å². The van der Waals surface area contributed by atoms with E-state index in [0.717, 1.165) is 10.9 Å². The lowest BCUT2D eigenvalue weighted by atomic mass is 10.1. The molecule has 2 aromatic carbocycles. The summed E-state index contributed by atoms with van der Waals surface area (Å²) in [7, 11) is 0. The first-order valence-corrected chi connectivity index (χ1v) is 8.09. The summed E-state index contributed by atoms with van der Waals surface area (Å²) in [5.41, 5.74) is 1.29. The summed E-state index contributed by atoms with van der Waals surface area (Å²) in [6, 6.07) is 9.27. The minimum atomic E-state index is -1.55. The fraction of sp³-hybridized carbons (Fsp3) is 0.105. The van der Waals surface area contributed by atoms with Crippen LogP contribution in [-0.2, 0) is 11.4 Å². The Morgan fingerprint density at radius 1 is 1.25 bits per heavy atom. The number of benzene rings is 2. The summed E-state index contributed by atoms with van der Waals surface area (Å²) < 4.78 is 35.0. The molecule has 0 saturated carbocycles. The second-order valence-corrected chi connectivity index (χ2v) is 5.75. The summed E-state index contributed by atoms with van der Waals surface area (Å²) in [5.74, 6) is -4.83. The number of nitrogens with zero attached hydrogens (tertiary/aromatic N) is 1. The van der Waals surface area contributed by atoms with Crippen LogP contribution in [0.25, 0.3) is 10.9 Å². The Labute approximate surface area is 156 Å². The highest BCUT2D eigenvalue weighted by molar-refractivity contribution is 5.94. The number of aromatic nitrogens is 1. The molecule has 0 spiro atoms. The lowest BCUT2D eigenvalue weighted by molar-refractivity contribution is -0.106. The molecule has 9 heteroatoms. The van der Waals surface area contributed by atoms with Gasteiger partial charge < -0.3 is 20.1 Å². The first kappa shape index (κ1) is 19.0. The van der Waals surface area contributed by atoms with Crippen molar-refractivity contribution in [3.8, 4) is 5.75 Å². The van der Waals surface area contributed by atoms with Crippen molar-refractivity contribution in [2.75, 3.05) is 12.0 Å². The molecule has 144 valence electrons. The van der Waals surface area contributed by atoms with Gasteiger partial charge in [0.05, 0.1) is 11.9 Å². The Balaban J connectivity index is 2.24. The zero-order valence-electron chi connectivity index (χ0n) is 14.3. The van der Waals surface area contributed by atoms with E-state index in [0.29, 0.717) is 17.9 Å². The van der Waals surface area contributed by atoms with E-state index in [1.807, 2.05) is 0 Å². The summed E-state index contributed by atoms with van der Waals surface area (Å²) >= 11 is 0. The third-order valence-electron chi connectivity index (χ3n) is 3.94. The third kappa shape index (κ3) is 3.54. The molecule has 3 aromatic rings. The molecule has 0 aliphatic heterocycles. The minimum Gasteiger partial charge on any atom is -0.483 e. The zero-order chi connectivity index (χ0) is 20.3. The van der Waals surface area contributed by atoms with Crippen molar-refractivity contribution < 1.29 is 28.2 Å². The smallest absolute Gasteiger partial charge is 0.341 e. The summed E-state index contributed by atoms with van der Waals surface area (Å²) in [6.07, 6.45) is 1.37. The molecule has 3 rings (SSSR count). The van der Waals surface area contributed by atoms with Crippen LogP contribution in [0.4, 0.5) is 8.78 Å². The van der Waals surface area contributed by atoms with Crippen molar-refractivity contribution >= 4 is 23.2 Å². The Hall–Kier alpha value is -3.75. The molecule has 0 radical (unpaired) electrons. The van der Waals surface area contributed by atoms with E-state index in [9.17, 15) is 28.3 Å². The number of pyridine rings is 1. The Morgan fingerprint density at radius 2 is 1.96 bits per heavy atom. The van der Waals surface area contributed by atoms with Gasteiger partial charge in [-0.2, -0.15) is 4.39 Å². The van der Waals surface area contributed by atoms with Gasteiger partial charge in [-0.3, -0.25) is 9.47 Å². The van der Waals surface area contributed by atoms with Crippen molar-refractivity contribution in [2.45, 2.75) is 6.61 Å². The average Bonchev–Trinajstić information content (AvgIpc) is 2.69. The van der Waals surface area contributed by atoms with Crippen LogP contribution in [0.2, 0.25) is 0 Å². The number of carboxylic acid groups (broad SMARTS) is 1. The molecule has 0 aliphatic rings. The average molecular weight is 388 g/mol. The molecule has 0 aliphatic carbocycles. The fourth-order valence-electron chi connectivity index (χ4n) is 2.68. The van der Waals surface area contributed by atoms with E-state index in [2.05, 4.69) is 5.43 Å². The Bertz CT molecular complexity index is 1110. The maximum absolute atomic E-state index is 14.5. The number of aromatic carboxylic acids is 1. The van der Waals surface area contributed by atoms with E-state index in [-0.39, 0.29) is 18.7 Å². The van der Waals surface area contributed by atoms with Gasteiger partial charge in [0.1, 0.15) is 24.0 Å². The van der Waals surface area contributed by atoms with Crippen LogP contribution in [0.15, 0.2) is 47.4 Å². The lowest BCUT2D eigenvalue weighted by Gasteiger charge is -2.17. The van der Waals surface area contributed by atoms with E-state index < -0.39 is 39.7 Å². The molecule has 0 fully saturated rings. The molecule has 0 amide bonds. The number of hydrogen-bond donors (Lipinski definition) is 2. The summed E-state index contributed by atoms with van der Waals surface area (Å²) in [5, 5.41) is 8.81. The van der Waals surface area contributed by atoms with Crippen LogP contribution in [0.1, 0.15) is 15.9 Å². The van der Waals surface area contributed by atoms with Crippen molar-refractivity contribution in [1.82, 2.24) is 4.68 Å². The number of carbonyl (C=O) groups is 2. The second-order valence-electron chi connectivity index (χ2n) is 5.75. The summed E-state index contributed by atoms with van der Waals surface area (Å²) in [6.45, 7) is -0.396. The molecule has 0 bridgehead atoms. The number of carboxylic acids is 1. The van der Waals surface area contributed by atoms with Crippen LogP contribution in [-0.4, -0.2) is 28.6 Å². The van der Waals surface area contributed by atoms with Crippen molar-refractivity contribution in [2.24, 2.45) is 0 Å². The van der Waals surface area contributed by atoms with Crippen LogP contribution in [0.3, 0.4) is 0 Å². The van der Waals surface area contributed by atoms with Crippen LogP contribution in [0, 0.1) is 11.6 Å². The number of halogens is 2. The number of fused-ring (bicyclic) bond motifs is 1. The predicted octanol–water partition coefficient (Wildman–Crippen LogP) is 2.30. The van der Waals surface area contributed by atoms with Gasteiger partial charge in [-0.15, -0.1) is 0 Å². The number of aldehydes is 1. The standard InChI is InChI=1S/C19H14F2N2O5/c20-14-8-12-16(18(15(14)21)28-10-11-4-2-1-3-5-11)23(22-6-7-24)9-13(17(12)25)19(26)27/h1-5,7-9,22H,6,10H2,(H,26,27). The highest BCUT2D eigenvalue weighted by Gasteiger charge is 2.23. The van der Waals surface area contributed by atoms with Gasteiger partial charge in [-0.25, -0.2) is 9.18 Å². The second kappa shape index (κ2) is 7.87. The van der Waals surface area contributed by atoms with Gasteiger partial charge in [0.25, 0.3) is 0 Å². The van der Waals surface area contributed by atoms with Crippen LogP contribution in [0.5, 0.6) is 5.75 Å². The van der Waals surface area contributed by atoms with Crippen LogP contribution >= 0.6 is 0 Å². The van der Waals surface area contributed by atoms with Crippen molar-refractivity contribution in [3.63, 3.8) is 0 Å². The van der Waals surface area contributed by atoms with Gasteiger partial charge in [0.15, 0.2) is 11.6 Å². The molecule has 0 saturated heterocycles. The fourth-order valence-corrected chi connectivity index (χ4v) is 2.68. The number of carbonyl (C=O) groups excluding carboxylic acids is 1. The number of hydrogen-bond acceptors (Lipinski definition) is 5. The maximum atomic E-state index is 14.5. The SMILES string of the molecule is O=CCNn1cc(C(=O)O)c(=O)c2cc(F)c(F)c(OCc3ccccc3)c21. The zero-order valence-corrected chi connectivity index (χ0v) is 14.3. The molecule has 7 nitrogen and oxygen atoms in total. The molecular weight excluding hydrogens is 374 g/mol. The topological polar surface area (TPSA) is 97.6 Å². The largest absolute Gasteiger partial charge is 0.483 e. The highest BCUT2D eigenvalue weighted by atomic mass is 19.2. The normalized spacial score (nSPS) is 10.6. The number of nitrogens with one attached hydrogen (secondary N) is 1. The molecule has 1 aromatic heterocycles. The van der Waals surface area contributed by atoms with Crippen LogP contribution < -0.4 is 15.6 Å². The number of ether oxygens (including phenoxy) is 1. The van der Waals surface area contributed by atoms with Gasteiger partial charge in [-0.1, -0.05) is 30.3 Å². The van der Waals surface area contributed by atoms with Gasteiger partial charge in [0.2, 0.25) is 11.2 Å². The first-order chi connectivity index (χ1) is 13.4. The maximum Gasteiger partial charge on any atom is 0.341 e. The molecule has 28 heavy (non-hydrogen) atoms. The molecule has 1 heterocycles. The molecule has 2 N–H and O–H groups in total. The molecular formula is C19H14F2N2O5. The monoisotopic (exact) mass is 388 g/mol. The van der Waals surface area contributed by atoms with E-state index in [1.54, 1.807) is 30.3 Å². The van der Waals surface area contributed by atoms with E-state index >= 15 is 0 Å². The van der Waals surface area contributed by atoms with Gasteiger partial charge in [-0.05, 0) is 11.6 Å². The molecule has 0 atom stereocenters. The van der Waals surface area contributed by atoms with E-state index in [4.69, 9.17) is 4.74 Å². The van der Waals surface area contributed by atoms with Crippen molar-refractivity contribution in [1.29, 1.82) is 0 Å². The quantitative estimate of drug-likeness (QED) is 0.603. The minimum absolute atomic E-state index is 0.126. The highest BCUT2D eigenvalue weighted by Crippen LogP contribution is 2.30. The van der Waals surface area contributed by atoms with Gasteiger partial charge in [0, 0.05) is 6.20 Å². The lowest BCUT2D eigenvalue weighted by Crippen LogP contribution is -2.25. The Morgan fingerprint density at radius 3 is 2.61 bits per heavy atom. The number of rotatable bonds is 7. The first-order valence-electron chi connectivity index (χ1n) is 8.09. The van der Waals surface area contributed by atoms with Crippen molar-refractivity contribution in [3.05, 3.63) is 75.6 Å². The Kier molecular flexibility index (Phi) is 5.35. The third-order valence-corrected chi connectivity index (χ3v) is 3.94. The van der Waals surface area contributed by atoms with E-state index in [1.165, 1.54) is 0 Å². The molecule has 0 unspecified atom stereocenters.